The van der Waals surface area contributed by atoms with Crippen molar-refractivity contribution in [1.29, 1.82) is 0 Å². The lowest BCUT2D eigenvalue weighted by atomic mass is 9.95. The molecule has 0 saturated carbocycles. The molecule has 2 aromatic carbocycles. The Bertz CT molecular complexity index is 1410. The maximum absolute atomic E-state index is 12.9. The fourth-order valence-electron chi connectivity index (χ4n) is 4.78. The second-order valence-electron chi connectivity index (χ2n) is 9.17. The zero-order chi connectivity index (χ0) is 25.2. The summed E-state index contributed by atoms with van der Waals surface area (Å²) in [6.07, 6.45) is 1.43. The van der Waals surface area contributed by atoms with Crippen molar-refractivity contribution in [2.24, 2.45) is 5.92 Å². The Labute approximate surface area is 209 Å². The molecule has 9 heteroatoms. The van der Waals surface area contributed by atoms with E-state index in [2.05, 4.69) is 32.7 Å². The molecule has 0 unspecified atom stereocenters. The predicted molar refractivity (Wildman–Crippen MR) is 140 cm³/mol. The fourth-order valence-corrected chi connectivity index (χ4v) is 4.78. The lowest BCUT2D eigenvalue weighted by molar-refractivity contribution is -0.120. The van der Waals surface area contributed by atoms with Crippen molar-refractivity contribution in [3.8, 4) is 5.69 Å². The molecule has 1 aliphatic heterocycles. The lowest BCUT2D eigenvalue weighted by Crippen LogP contribution is -2.38. The highest BCUT2D eigenvalue weighted by atomic mass is 16.2. The topological polar surface area (TPSA) is 105 Å². The van der Waals surface area contributed by atoms with Crippen molar-refractivity contribution in [3.63, 3.8) is 0 Å². The van der Waals surface area contributed by atoms with Crippen molar-refractivity contribution in [2.75, 3.05) is 28.6 Å². The minimum Gasteiger partial charge on any atom is -0.353 e. The second-order valence-corrected chi connectivity index (χ2v) is 9.17. The maximum atomic E-state index is 12.9. The number of aromatic nitrogens is 4. The molecule has 9 nitrogen and oxygen atoms in total. The smallest absolute Gasteiger partial charge is 0.227 e. The third kappa shape index (κ3) is 4.64. The van der Waals surface area contributed by atoms with Crippen LogP contribution in [0.4, 0.5) is 17.2 Å². The van der Waals surface area contributed by atoms with Crippen molar-refractivity contribution >= 4 is 39.9 Å². The number of para-hydroxylation sites is 1. The minimum absolute atomic E-state index is 0.00580. The molecule has 1 fully saturated rings. The van der Waals surface area contributed by atoms with Crippen LogP contribution in [0, 0.1) is 19.8 Å². The quantitative estimate of drug-likeness (QED) is 0.440. The van der Waals surface area contributed by atoms with E-state index in [4.69, 9.17) is 5.10 Å². The number of hydrogen-bond donors (Lipinski definition) is 2. The van der Waals surface area contributed by atoms with E-state index < -0.39 is 0 Å². The number of carbonyl (C=O) groups excluding carboxylic acids is 2. The molecule has 1 aliphatic rings. The molecule has 184 valence electrons. The molecule has 0 radical (unpaired) electrons. The first-order valence-corrected chi connectivity index (χ1v) is 12.1. The van der Waals surface area contributed by atoms with Crippen LogP contribution in [0.15, 0.2) is 54.6 Å². The molecule has 5 rings (SSSR count). The van der Waals surface area contributed by atoms with Crippen molar-refractivity contribution in [1.82, 2.24) is 20.0 Å². The number of hydrogen-bond acceptors (Lipinski definition) is 6. The number of fused-ring (bicyclic) bond motifs is 1. The van der Waals surface area contributed by atoms with E-state index >= 15 is 0 Å². The first-order valence-electron chi connectivity index (χ1n) is 12.1. The molecule has 0 aliphatic carbocycles. The van der Waals surface area contributed by atoms with Crippen molar-refractivity contribution in [2.45, 2.75) is 33.6 Å². The van der Waals surface area contributed by atoms with Crippen LogP contribution in [0.1, 0.15) is 31.2 Å². The number of nitrogens with one attached hydrogen (secondary N) is 2. The van der Waals surface area contributed by atoms with E-state index in [0.29, 0.717) is 37.3 Å². The molecule has 4 aromatic rings. The summed E-state index contributed by atoms with van der Waals surface area (Å²) >= 11 is 0. The van der Waals surface area contributed by atoms with Crippen LogP contribution in [0.5, 0.6) is 0 Å². The molecule has 2 amide bonds. The van der Waals surface area contributed by atoms with Gasteiger partial charge in [0.15, 0.2) is 5.82 Å². The van der Waals surface area contributed by atoms with Gasteiger partial charge in [0.1, 0.15) is 5.52 Å². The molecule has 0 bridgehead atoms. The van der Waals surface area contributed by atoms with Gasteiger partial charge in [-0.25, -0.2) is 4.68 Å². The average Bonchev–Trinajstić information content (AvgIpc) is 3.24. The number of aryl methyl sites for hydroxylation is 2. The van der Waals surface area contributed by atoms with Gasteiger partial charge in [-0.3, -0.25) is 9.59 Å². The Morgan fingerprint density at radius 2 is 1.53 bits per heavy atom. The Hall–Kier alpha value is -4.27. The van der Waals surface area contributed by atoms with Crippen molar-refractivity contribution in [3.05, 3.63) is 66.0 Å². The van der Waals surface area contributed by atoms with E-state index in [-0.39, 0.29) is 17.7 Å². The number of amides is 2. The van der Waals surface area contributed by atoms with Gasteiger partial charge in [-0.1, -0.05) is 18.2 Å². The average molecular weight is 484 g/mol. The first kappa shape index (κ1) is 23.5. The molecular weight excluding hydrogens is 454 g/mol. The van der Waals surface area contributed by atoms with Crippen LogP contribution >= 0.6 is 0 Å². The van der Waals surface area contributed by atoms with E-state index in [1.165, 1.54) is 6.92 Å². The Balaban J connectivity index is 1.29. The fraction of sp³-hybridized carbons (Fsp3) is 0.296. The normalized spacial score (nSPS) is 14.1. The minimum atomic E-state index is -0.129. The third-order valence-electron chi connectivity index (χ3n) is 6.62. The molecular formula is C27H29N7O2. The summed E-state index contributed by atoms with van der Waals surface area (Å²) in [5.41, 5.74) is 5.13. The van der Waals surface area contributed by atoms with Crippen LogP contribution < -0.4 is 15.5 Å². The zero-order valence-electron chi connectivity index (χ0n) is 20.7. The van der Waals surface area contributed by atoms with E-state index in [0.717, 1.165) is 33.8 Å². The SMILES string of the molecule is CC(=O)Nc1ccc(NC(=O)C2CCN(c3nnc(C)c4c(C)n(-c5ccccc5)nc34)CC2)cc1. The molecule has 0 spiro atoms. The van der Waals surface area contributed by atoms with Gasteiger partial charge in [-0.15, -0.1) is 5.10 Å². The number of nitrogens with zero attached hydrogens (tertiary/aromatic N) is 5. The predicted octanol–water partition coefficient (Wildman–Crippen LogP) is 4.25. The third-order valence-corrected chi connectivity index (χ3v) is 6.62. The monoisotopic (exact) mass is 483 g/mol. The van der Waals surface area contributed by atoms with E-state index in [9.17, 15) is 9.59 Å². The van der Waals surface area contributed by atoms with Crippen molar-refractivity contribution < 1.29 is 9.59 Å². The van der Waals surface area contributed by atoms with Crippen LogP contribution in [0.2, 0.25) is 0 Å². The highest BCUT2D eigenvalue weighted by Crippen LogP contribution is 2.31. The molecule has 3 heterocycles. The Morgan fingerprint density at radius 1 is 0.889 bits per heavy atom. The summed E-state index contributed by atoms with van der Waals surface area (Å²) < 4.78 is 1.95. The molecule has 2 aromatic heterocycles. The van der Waals surface area contributed by atoms with Gasteiger partial charge >= 0.3 is 0 Å². The van der Waals surface area contributed by atoms with Gasteiger partial charge in [-0.2, -0.15) is 10.2 Å². The molecule has 36 heavy (non-hydrogen) atoms. The first-order chi connectivity index (χ1) is 17.4. The van der Waals surface area contributed by atoms with Gasteiger partial charge in [0.25, 0.3) is 0 Å². The van der Waals surface area contributed by atoms with Crippen LogP contribution in [0.25, 0.3) is 16.6 Å². The Morgan fingerprint density at radius 3 is 2.17 bits per heavy atom. The highest BCUT2D eigenvalue weighted by molar-refractivity contribution is 5.94. The summed E-state index contributed by atoms with van der Waals surface area (Å²) in [7, 11) is 0. The standard InChI is InChI=1S/C27H29N7O2/c1-17-24-18(2)34(23-7-5-4-6-8-23)32-25(24)26(31-30-17)33-15-13-20(14-16-33)27(36)29-22-11-9-21(10-12-22)28-19(3)35/h4-12,20H,13-16H2,1-3H3,(H,28,35)(H,29,36). The summed E-state index contributed by atoms with van der Waals surface area (Å²) in [4.78, 5) is 26.3. The summed E-state index contributed by atoms with van der Waals surface area (Å²) in [5, 5.41) is 20.6. The van der Waals surface area contributed by atoms with Gasteiger partial charge in [0.2, 0.25) is 11.8 Å². The van der Waals surface area contributed by atoms with Crippen LogP contribution in [-0.2, 0) is 9.59 Å². The number of rotatable bonds is 5. The highest BCUT2D eigenvalue weighted by Gasteiger charge is 2.28. The largest absolute Gasteiger partial charge is 0.353 e. The van der Waals surface area contributed by atoms with Gasteiger partial charge in [-0.05, 0) is 63.1 Å². The van der Waals surface area contributed by atoms with Crippen LogP contribution in [0.3, 0.4) is 0 Å². The number of carbonyl (C=O) groups is 2. The second kappa shape index (κ2) is 9.77. The molecule has 0 atom stereocenters. The van der Waals surface area contributed by atoms with E-state index in [1.807, 2.05) is 41.9 Å². The lowest BCUT2D eigenvalue weighted by Gasteiger charge is -2.32. The summed E-state index contributed by atoms with van der Waals surface area (Å²) in [6, 6.07) is 17.2. The number of benzene rings is 2. The zero-order valence-corrected chi connectivity index (χ0v) is 20.7. The summed E-state index contributed by atoms with van der Waals surface area (Å²) in [5.74, 6) is 0.553. The molecule has 1 saturated heterocycles. The maximum Gasteiger partial charge on any atom is 0.227 e. The molecule has 2 N–H and O–H groups in total. The number of anilines is 3. The van der Waals surface area contributed by atoms with Gasteiger partial charge in [0, 0.05) is 37.3 Å². The summed E-state index contributed by atoms with van der Waals surface area (Å²) in [6.45, 7) is 6.88. The number of piperidine rings is 1. The van der Waals surface area contributed by atoms with Gasteiger partial charge in [0.05, 0.1) is 22.5 Å². The van der Waals surface area contributed by atoms with Gasteiger partial charge < -0.3 is 15.5 Å². The van der Waals surface area contributed by atoms with E-state index in [1.54, 1.807) is 24.3 Å². The van der Waals surface area contributed by atoms with Crippen LogP contribution in [-0.4, -0.2) is 44.9 Å². The Kier molecular flexibility index (Phi) is 6.37.